The number of aryl methyl sites for hydroxylation is 3. The molecule has 0 spiro atoms. The Morgan fingerprint density at radius 1 is 1.42 bits per heavy atom. The third-order valence-corrected chi connectivity index (χ3v) is 3.40. The fourth-order valence-corrected chi connectivity index (χ4v) is 2.56. The van der Waals surface area contributed by atoms with Gasteiger partial charge in [0.1, 0.15) is 11.3 Å². The minimum absolute atomic E-state index is 0.557. The van der Waals surface area contributed by atoms with Crippen molar-refractivity contribution < 1.29 is 4.42 Å². The van der Waals surface area contributed by atoms with Crippen LogP contribution in [0.4, 0.5) is 0 Å². The van der Waals surface area contributed by atoms with Crippen LogP contribution in [-0.2, 0) is 20.0 Å². The molecule has 3 rings (SSSR count). The summed E-state index contributed by atoms with van der Waals surface area (Å²) in [5.74, 6) is 1.54. The van der Waals surface area contributed by atoms with Crippen LogP contribution in [0.3, 0.4) is 0 Å². The van der Waals surface area contributed by atoms with Crippen molar-refractivity contribution >= 4 is 22.8 Å². The quantitative estimate of drug-likeness (QED) is 0.689. The molecule has 0 aliphatic heterocycles. The average molecular weight is 279 g/mol. The van der Waals surface area contributed by atoms with E-state index < -0.39 is 0 Å². The number of fused-ring (bicyclic) bond motifs is 1. The highest BCUT2D eigenvalue weighted by atomic mass is 35.5. The molecule has 0 saturated heterocycles. The molecule has 0 aromatic carbocycles. The molecule has 0 unspecified atom stereocenters. The molecule has 19 heavy (non-hydrogen) atoms. The smallest absolute Gasteiger partial charge is 0.158 e. The van der Waals surface area contributed by atoms with E-state index in [0.29, 0.717) is 5.88 Å². The highest BCUT2D eigenvalue weighted by Crippen LogP contribution is 2.21. The van der Waals surface area contributed by atoms with Gasteiger partial charge >= 0.3 is 0 Å². The summed E-state index contributed by atoms with van der Waals surface area (Å²) in [5.41, 5.74) is 4.03. The normalized spacial score (nSPS) is 11.5. The first kappa shape index (κ1) is 12.3. The van der Waals surface area contributed by atoms with Crippen molar-refractivity contribution in [3.8, 4) is 0 Å². The summed E-state index contributed by atoms with van der Waals surface area (Å²) >= 11 is 5.87. The van der Waals surface area contributed by atoms with Crippen molar-refractivity contribution in [1.82, 2.24) is 19.3 Å². The number of rotatable bonds is 4. The first-order valence-corrected chi connectivity index (χ1v) is 6.70. The summed E-state index contributed by atoms with van der Waals surface area (Å²) in [6.45, 7) is 2.69. The molecule has 0 aliphatic rings. The number of furan rings is 1. The number of hydrogen-bond donors (Lipinski definition) is 0. The van der Waals surface area contributed by atoms with Gasteiger partial charge < -0.3 is 8.98 Å². The van der Waals surface area contributed by atoms with Crippen LogP contribution in [0.15, 0.2) is 23.0 Å². The van der Waals surface area contributed by atoms with Gasteiger partial charge in [-0.1, -0.05) is 0 Å². The number of aromatic nitrogens is 4. The lowest BCUT2D eigenvalue weighted by molar-refractivity contribution is 0.561. The van der Waals surface area contributed by atoms with E-state index in [4.69, 9.17) is 16.0 Å². The van der Waals surface area contributed by atoms with Gasteiger partial charge in [-0.25, -0.2) is 4.98 Å². The second-order valence-corrected chi connectivity index (χ2v) is 4.94. The molecule has 0 radical (unpaired) electrons. The number of hydrogen-bond acceptors (Lipinski definition) is 3. The van der Waals surface area contributed by atoms with Gasteiger partial charge in [-0.3, -0.25) is 4.68 Å². The van der Waals surface area contributed by atoms with Crippen molar-refractivity contribution in [2.45, 2.75) is 19.9 Å². The van der Waals surface area contributed by atoms with E-state index in [9.17, 15) is 0 Å². The Hall–Kier alpha value is -1.75. The first-order chi connectivity index (χ1) is 9.20. The fourth-order valence-electron chi connectivity index (χ4n) is 2.39. The number of alkyl halides is 1. The summed E-state index contributed by atoms with van der Waals surface area (Å²) in [6.07, 6.45) is 4.17. The summed E-state index contributed by atoms with van der Waals surface area (Å²) in [7, 11) is 1.94. The summed E-state index contributed by atoms with van der Waals surface area (Å²) in [5, 5.41) is 4.42. The maximum atomic E-state index is 5.87. The maximum absolute atomic E-state index is 5.87. The Bertz CT molecular complexity index is 696. The predicted molar refractivity (Wildman–Crippen MR) is 73.5 cm³/mol. The Labute approximate surface area is 115 Å². The van der Waals surface area contributed by atoms with Crippen molar-refractivity contribution in [1.29, 1.82) is 0 Å². The average Bonchev–Trinajstić information content (AvgIpc) is 3.04. The summed E-state index contributed by atoms with van der Waals surface area (Å²) in [4.78, 5) is 4.67. The van der Waals surface area contributed by atoms with Gasteiger partial charge in [0.25, 0.3) is 0 Å². The standard InChI is InChI=1S/C13H15ClN4O/c1-9-12-13(17(2)16-9)18(11(15-12)3-5-14)7-10-4-6-19-8-10/h4,6,8H,3,5,7H2,1-2H3. The van der Waals surface area contributed by atoms with Crippen LogP contribution in [0, 0.1) is 6.92 Å². The minimum atomic E-state index is 0.557. The van der Waals surface area contributed by atoms with E-state index in [1.54, 1.807) is 12.5 Å². The van der Waals surface area contributed by atoms with Crippen LogP contribution in [0.2, 0.25) is 0 Å². The first-order valence-electron chi connectivity index (χ1n) is 6.16. The molecule has 3 heterocycles. The lowest BCUT2D eigenvalue weighted by Crippen LogP contribution is -2.08. The van der Waals surface area contributed by atoms with Crippen molar-refractivity contribution in [3.63, 3.8) is 0 Å². The lowest BCUT2D eigenvalue weighted by atomic mass is 10.3. The SMILES string of the molecule is Cc1nn(C)c2c1nc(CCCl)n2Cc1ccoc1. The minimum Gasteiger partial charge on any atom is -0.472 e. The van der Waals surface area contributed by atoms with Crippen LogP contribution in [0.5, 0.6) is 0 Å². The Morgan fingerprint density at radius 2 is 2.26 bits per heavy atom. The topological polar surface area (TPSA) is 48.8 Å². The molecule has 0 fully saturated rings. The third-order valence-electron chi connectivity index (χ3n) is 3.21. The van der Waals surface area contributed by atoms with Crippen LogP contribution >= 0.6 is 11.6 Å². The maximum Gasteiger partial charge on any atom is 0.158 e. The molecule has 3 aromatic rings. The van der Waals surface area contributed by atoms with E-state index in [1.165, 1.54) is 0 Å². The van der Waals surface area contributed by atoms with E-state index in [2.05, 4.69) is 14.6 Å². The van der Waals surface area contributed by atoms with E-state index >= 15 is 0 Å². The van der Waals surface area contributed by atoms with Crippen LogP contribution < -0.4 is 0 Å². The molecule has 100 valence electrons. The number of imidazole rings is 1. The highest BCUT2D eigenvalue weighted by molar-refractivity contribution is 6.17. The molecular weight excluding hydrogens is 264 g/mol. The molecular formula is C13H15ClN4O. The molecule has 0 saturated carbocycles. The zero-order valence-electron chi connectivity index (χ0n) is 10.9. The van der Waals surface area contributed by atoms with Crippen LogP contribution in [-0.4, -0.2) is 25.2 Å². The number of nitrogens with zero attached hydrogens (tertiary/aromatic N) is 4. The predicted octanol–water partition coefficient (Wildman–Crippen LogP) is 2.50. The molecule has 0 aliphatic carbocycles. The van der Waals surface area contributed by atoms with E-state index in [-0.39, 0.29) is 0 Å². The van der Waals surface area contributed by atoms with E-state index in [1.807, 2.05) is 24.7 Å². The molecule has 0 bridgehead atoms. The summed E-state index contributed by atoms with van der Waals surface area (Å²) in [6, 6.07) is 1.96. The molecule has 3 aromatic heterocycles. The van der Waals surface area contributed by atoms with Gasteiger partial charge in [-0.15, -0.1) is 11.6 Å². The fraction of sp³-hybridized carbons (Fsp3) is 0.385. The van der Waals surface area contributed by atoms with Crippen molar-refractivity contribution in [2.75, 3.05) is 5.88 Å². The third kappa shape index (κ3) is 2.04. The zero-order valence-corrected chi connectivity index (χ0v) is 11.7. The van der Waals surface area contributed by atoms with Gasteiger partial charge in [0.15, 0.2) is 5.65 Å². The van der Waals surface area contributed by atoms with Gasteiger partial charge in [0, 0.05) is 24.9 Å². The second-order valence-electron chi connectivity index (χ2n) is 4.57. The molecule has 0 atom stereocenters. The molecule has 0 N–H and O–H groups in total. The Balaban J connectivity index is 2.15. The molecule has 6 heteroatoms. The number of halogens is 1. The Kier molecular flexibility index (Phi) is 3.06. The highest BCUT2D eigenvalue weighted by Gasteiger charge is 2.17. The van der Waals surface area contributed by atoms with Crippen molar-refractivity contribution in [3.05, 3.63) is 35.7 Å². The van der Waals surface area contributed by atoms with Crippen LogP contribution in [0.1, 0.15) is 17.1 Å². The lowest BCUT2D eigenvalue weighted by Gasteiger charge is -2.07. The van der Waals surface area contributed by atoms with Gasteiger partial charge in [-0.2, -0.15) is 5.10 Å². The monoisotopic (exact) mass is 278 g/mol. The van der Waals surface area contributed by atoms with Gasteiger partial charge in [0.2, 0.25) is 0 Å². The Morgan fingerprint density at radius 3 is 2.95 bits per heavy atom. The van der Waals surface area contributed by atoms with Gasteiger partial charge in [-0.05, 0) is 13.0 Å². The molecule has 5 nitrogen and oxygen atoms in total. The largest absolute Gasteiger partial charge is 0.472 e. The second kappa shape index (κ2) is 4.74. The zero-order chi connectivity index (χ0) is 13.4. The van der Waals surface area contributed by atoms with E-state index in [0.717, 1.165) is 41.2 Å². The van der Waals surface area contributed by atoms with Crippen molar-refractivity contribution in [2.24, 2.45) is 7.05 Å². The molecule has 0 amide bonds. The summed E-state index contributed by atoms with van der Waals surface area (Å²) < 4.78 is 9.15. The van der Waals surface area contributed by atoms with Crippen LogP contribution in [0.25, 0.3) is 11.2 Å². The van der Waals surface area contributed by atoms with Gasteiger partial charge in [0.05, 0.1) is 24.8 Å².